The predicted octanol–water partition coefficient (Wildman–Crippen LogP) is 7.80. The Bertz CT molecular complexity index is 2470. The average Bonchev–Trinajstić information content (AvgIpc) is 3.83. The van der Waals surface area contributed by atoms with Crippen molar-refractivity contribution in [2.75, 3.05) is 16.4 Å². The molecule has 0 spiro atoms. The van der Waals surface area contributed by atoms with Gasteiger partial charge in [-0.15, -0.1) is 11.3 Å². The first-order valence-electron chi connectivity index (χ1n) is 18.1. The second kappa shape index (κ2) is 12.4. The van der Waals surface area contributed by atoms with Crippen LogP contribution in [0.25, 0.3) is 20.7 Å². The minimum atomic E-state index is -1.27. The Balaban J connectivity index is 1.16. The highest BCUT2D eigenvalue weighted by Gasteiger charge is 2.68. The summed E-state index contributed by atoms with van der Waals surface area (Å²) in [6, 6.07) is 21.5. The van der Waals surface area contributed by atoms with Crippen LogP contribution in [0.2, 0.25) is 5.02 Å². The lowest BCUT2D eigenvalue weighted by atomic mass is 9.51. The van der Waals surface area contributed by atoms with Crippen LogP contribution in [0.4, 0.5) is 11.5 Å². The molecular formula is C42H37ClN4O6S. The van der Waals surface area contributed by atoms with Gasteiger partial charge in [0.2, 0.25) is 23.6 Å². The highest BCUT2D eigenvalue weighted by Crippen LogP contribution is 2.64. The zero-order valence-electron chi connectivity index (χ0n) is 30.1. The molecule has 4 aliphatic rings. The number of halogens is 1. The minimum Gasteiger partial charge on any atom is -0.504 e. The number of carbonyl (C=O) groups is 4. The van der Waals surface area contributed by atoms with Crippen molar-refractivity contribution in [3.8, 4) is 22.1 Å². The SMILES string of the molecule is CCOc1cc([C@H]2C3=CC[C@@H]4C(=O)N(c5ccccc5)C(=O)[C@@H]4[C@@H]3C[C@H]3C(=O)N(c4cc(-c5sc6ccc(Cl)cc6c5C)nn4C)C(=O)[C@@]23C)ccc1O. The number of fused-ring (bicyclic) bond motifs is 5. The fourth-order valence-corrected chi connectivity index (χ4v) is 11.0. The number of anilines is 2. The van der Waals surface area contributed by atoms with Gasteiger partial charge in [-0.05, 0) is 98.5 Å². The van der Waals surface area contributed by atoms with Crippen molar-refractivity contribution in [1.82, 2.24) is 9.78 Å². The van der Waals surface area contributed by atoms with Gasteiger partial charge in [-0.3, -0.25) is 28.8 Å². The van der Waals surface area contributed by atoms with Crippen LogP contribution in [-0.4, -0.2) is 45.1 Å². The van der Waals surface area contributed by atoms with Gasteiger partial charge in [0.1, 0.15) is 11.5 Å². The maximum atomic E-state index is 15.1. The summed E-state index contributed by atoms with van der Waals surface area (Å²) in [7, 11) is 1.73. The largest absolute Gasteiger partial charge is 0.504 e. The molecule has 0 unspecified atom stereocenters. The molecular weight excluding hydrogens is 724 g/mol. The van der Waals surface area contributed by atoms with Gasteiger partial charge in [0, 0.05) is 28.8 Å². The number of aryl methyl sites for hydroxylation is 2. The molecule has 4 heterocycles. The molecule has 2 aliphatic heterocycles. The van der Waals surface area contributed by atoms with Crippen molar-refractivity contribution in [1.29, 1.82) is 0 Å². The number of rotatable bonds is 6. The van der Waals surface area contributed by atoms with Gasteiger partial charge in [0.05, 0.1) is 40.3 Å². The monoisotopic (exact) mass is 760 g/mol. The first-order chi connectivity index (χ1) is 25.9. The lowest BCUT2D eigenvalue weighted by molar-refractivity contribution is -0.131. The van der Waals surface area contributed by atoms with Crippen LogP contribution in [0.3, 0.4) is 0 Å². The molecule has 0 radical (unpaired) electrons. The summed E-state index contributed by atoms with van der Waals surface area (Å²) in [5, 5.41) is 17.2. The fraction of sp³-hybridized carbons (Fsp3) is 0.310. The quantitative estimate of drug-likeness (QED) is 0.139. The number of amides is 4. The number of phenols is 1. The van der Waals surface area contributed by atoms with Crippen LogP contribution in [0.15, 0.2) is 84.4 Å². The molecule has 1 N–H and O–H groups in total. The molecule has 1 saturated carbocycles. The lowest BCUT2D eigenvalue weighted by Crippen LogP contribution is -2.49. The summed E-state index contributed by atoms with van der Waals surface area (Å²) in [6.45, 7) is 5.98. The molecule has 6 atom stereocenters. The van der Waals surface area contributed by atoms with E-state index in [9.17, 15) is 19.5 Å². The number of para-hydroxylation sites is 1. The molecule has 2 aliphatic carbocycles. The molecule has 54 heavy (non-hydrogen) atoms. The highest BCUT2D eigenvalue weighted by molar-refractivity contribution is 7.22. The molecule has 5 aromatic rings. The lowest BCUT2D eigenvalue weighted by Gasteiger charge is -2.49. The highest BCUT2D eigenvalue weighted by atomic mass is 35.5. The standard InChI is InChI=1S/C42H37ClN4O6S/c1-5-53-32-17-22(11-15-31(32)48)36-25-13-14-26-35(40(51)46(38(26)49)24-9-7-6-8-10-24)28(25)19-29-39(50)47(41(52)42(29,36)3)34-20-30(44-45(34)4)37-21(2)27-18-23(43)12-16-33(27)54-37/h6-13,15-18,20,26,28-29,35-36,48H,5,14,19H2,1-4H3/t26-,28+,29-,35-,36-,42+/m0/s1. The first kappa shape index (κ1) is 34.5. The van der Waals surface area contributed by atoms with E-state index in [0.29, 0.717) is 40.8 Å². The number of hydrogen-bond acceptors (Lipinski definition) is 8. The van der Waals surface area contributed by atoms with E-state index in [-0.39, 0.29) is 41.5 Å². The van der Waals surface area contributed by atoms with Crippen molar-refractivity contribution < 1.29 is 29.0 Å². The number of benzene rings is 3. The van der Waals surface area contributed by atoms with Crippen molar-refractivity contribution in [2.24, 2.45) is 36.1 Å². The summed E-state index contributed by atoms with van der Waals surface area (Å²) in [5.74, 6) is -3.95. The van der Waals surface area contributed by atoms with E-state index in [2.05, 4.69) is 0 Å². The Morgan fingerprint density at radius 1 is 0.963 bits per heavy atom. The molecule has 9 rings (SSSR count). The van der Waals surface area contributed by atoms with Crippen molar-refractivity contribution in [3.63, 3.8) is 0 Å². The Kier molecular flexibility index (Phi) is 7.92. The average molecular weight is 761 g/mol. The molecule has 2 saturated heterocycles. The van der Waals surface area contributed by atoms with Crippen molar-refractivity contribution in [3.05, 3.63) is 101 Å². The first-order valence-corrected chi connectivity index (χ1v) is 19.3. The Morgan fingerprint density at radius 2 is 1.74 bits per heavy atom. The normalized spacial score (nSPS) is 26.3. The number of nitrogens with zero attached hydrogens (tertiary/aromatic N) is 4. The van der Waals surface area contributed by atoms with Gasteiger partial charge < -0.3 is 9.84 Å². The van der Waals surface area contributed by atoms with E-state index < -0.39 is 35.0 Å². The fourth-order valence-electron chi connectivity index (χ4n) is 9.64. The number of aromatic hydroxyl groups is 1. The maximum absolute atomic E-state index is 15.1. The van der Waals surface area contributed by atoms with E-state index >= 15 is 4.79 Å². The van der Waals surface area contributed by atoms with Crippen LogP contribution in [0.1, 0.15) is 43.7 Å². The summed E-state index contributed by atoms with van der Waals surface area (Å²) in [4.78, 5) is 61.8. The molecule has 3 fully saturated rings. The number of aromatic nitrogens is 2. The second-order valence-electron chi connectivity index (χ2n) is 14.9. The van der Waals surface area contributed by atoms with E-state index in [1.807, 2.05) is 51.1 Å². The number of allylic oxidation sites excluding steroid dienone is 2. The third-order valence-corrected chi connectivity index (χ3v) is 13.7. The number of imide groups is 2. The predicted molar refractivity (Wildman–Crippen MR) is 207 cm³/mol. The molecule has 0 bridgehead atoms. The number of ether oxygens (including phenoxy) is 1. The third-order valence-electron chi connectivity index (χ3n) is 12.1. The van der Waals surface area contributed by atoms with Crippen LogP contribution < -0.4 is 14.5 Å². The summed E-state index contributed by atoms with van der Waals surface area (Å²) in [5.41, 5.74) is 2.42. The number of carbonyl (C=O) groups excluding carboxylic acids is 4. The molecule has 12 heteroatoms. The Morgan fingerprint density at radius 3 is 2.50 bits per heavy atom. The number of hydrogen-bond donors (Lipinski definition) is 1. The molecule has 2 aromatic heterocycles. The Hall–Kier alpha value is -5.26. The van der Waals surface area contributed by atoms with E-state index in [0.717, 1.165) is 26.1 Å². The molecule has 10 nitrogen and oxygen atoms in total. The molecule has 274 valence electrons. The van der Waals surface area contributed by atoms with Gasteiger partial charge >= 0.3 is 0 Å². The van der Waals surface area contributed by atoms with Gasteiger partial charge in [-0.2, -0.15) is 5.10 Å². The number of thiophene rings is 1. The second-order valence-corrected chi connectivity index (χ2v) is 16.4. The van der Waals surface area contributed by atoms with Crippen molar-refractivity contribution in [2.45, 2.75) is 39.5 Å². The third kappa shape index (κ3) is 4.80. The summed E-state index contributed by atoms with van der Waals surface area (Å²) >= 11 is 7.89. The van der Waals surface area contributed by atoms with E-state index in [1.165, 1.54) is 9.80 Å². The van der Waals surface area contributed by atoms with E-state index in [4.69, 9.17) is 21.4 Å². The molecule has 3 aromatic carbocycles. The van der Waals surface area contributed by atoms with Gasteiger partial charge in [-0.1, -0.05) is 47.5 Å². The zero-order chi connectivity index (χ0) is 37.8. The van der Waals surface area contributed by atoms with Gasteiger partial charge in [0.25, 0.3) is 0 Å². The van der Waals surface area contributed by atoms with Crippen LogP contribution in [0, 0.1) is 36.0 Å². The van der Waals surface area contributed by atoms with Gasteiger partial charge in [0.15, 0.2) is 11.5 Å². The smallest absolute Gasteiger partial charge is 0.242 e. The van der Waals surface area contributed by atoms with Crippen LogP contribution >= 0.6 is 22.9 Å². The number of phenolic OH excluding ortho intramolecular Hbond substituents is 1. The van der Waals surface area contributed by atoms with Crippen molar-refractivity contribution >= 4 is 68.2 Å². The Labute approximate surface area is 320 Å². The van der Waals surface area contributed by atoms with Crippen LogP contribution in [0.5, 0.6) is 11.5 Å². The maximum Gasteiger partial charge on any atom is 0.242 e. The van der Waals surface area contributed by atoms with Crippen LogP contribution in [-0.2, 0) is 26.2 Å². The van der Waals surface area contributed by atoms with Gasteiger partial charge in [-0.25, -0.2) is 4.90 Å². The summed E-state index contributed by atoms with van der Waals surface area (Å²) in [6.07, 6.45) is 2.57. The summed E-state index contributed by atoms with van der Waals surface area (Å²) < 4.78 is 8.42. The zero-order valence-corrected chi connectivity index (χ0v) is 31.6. The molecule has 4 amide bonds. The van der Waals surface area contributed by atoms with E-state index in [1.54, 1.807) is 71.6 Å². The minimum absolute atomic E-state index is 0.0425. The topological polar surface area (TPSA) is 122 Å².